The van der Waals surface area contributed by atoms with Crippen LogP contribution < -0.4 is 5.73 Å². The van der Waals surface area contributed by atoms with Crippen LogP contribution in [0.15, 0.2) is 0 Å². The highest BCUT2D eigenvalue weighted by molar-refractivity contribution is 5.86. The Bertz CT molecular complexity index is 256. The van der Waals surface area contributed by atoms with Crippen molar-refractivity contribution in [2.45, 2.75) is 45.1 Å². The molecule has 0 aromatic rings. The number of carbonyl (C=O) groups is 1. The van der Waals surface area contributed by atoms with Gasteiger partial charge in [-0.15, -0.1) is 0 Å². The minimum atomic E-state index is -0.165. The van der Waals surface area contributed by atoms with Gasteiger partial charge in [-0.05, 0) is 39.5 Å². The highest BCUT2D eigenvalue weighted by atomic mass is 16.2. The fourth-order valence-electron chi connectivity index (χ4n) is 2.43. The number of rotatable bonds is 2. The van der Waals surface area contributed by atoms with E-state index in [-0.39, 0.29) is 11.0 Å². The fourth-order valence-corrected chi connectivity index (χ4v) is 2.43. The fraction of sp³-hybridized carbons (Fsp3) is 0.909. The standard InChI is InChI=1S/C11H20N2O/c1-10(2)4-3-7-13(10)9(14)11(8-12)5-6-11/h3-8,12H2,1-2H3. The van der Waals surface area contributed by atoms with Gasteiger partial charge in [0.1, 0.15) is 0 Å². The van der Waals surface area contributed by atoms with Gasteiger partial charge in [-0.2, -0.15) is 0 Å². The molecule has 2 N–H and O–H groups in total. The van der Waals surface area contributed by atoms with Crippen LogP contribution in [0, 0.1) is 5.41 Å². The quantitative estimate of drug-likeness (QED) is 0.719. The van der Waals surface area contributed by atoms with E-state index in [1.54, 1.807) is 0 Å². The maximum atomic E-state index is 12.2. The van der Waals surface area contributed by atoms with Gasteiger partial charge < -0.3 is 10.6 Å². The Hall–Kier alpha value is -0.570. The second kappa shape index (κ2) is 2.96. The van der Waals surface area contributed by atoms with Crippen LogP contribution in [0.2, 0.25) is 0 Å². The van der Waals surface area contributed by atoms with Crippen molar-refractivity contribution in [3.8, 4) is 0 Å². The summed E-state index contributed by atoms with van der Waals surface area (Å²) in [6.07, 6.45) is 4.25. The molecule has 1 saturated carbocycles. The van der Waals surface area contributed by atoms with Crippen LogP contribution in [0.25, 0.3) is 0 Å². The molecule has 2 fully saturated rings. The monoisotopic (exact) mass is 196 g/mol. The van der Waals surface area contributed by atoms with Gasteiger partial charge >= 0.3 is 0 Å². The van der Waals surface area contributed by atoms with Crippen molar-refractivity contribution in [1.29, 1.82) is 0 Å². The van der Waals surface area contributed by atoms with E-state index in [1.807, 2.05) is 4.90 Å². The number of likely N-dealkylation sites (tertiary alicyclic amines) is 1. The van der Waals surface area contributed by atoms with Crippen LogP contribution in [0.5, 0.6) is 0 Å². The van der Waals surface area contributed by atoms with Crippen LogP contribution in [-0.2, 0) is 4.79 Å². The average Bonchev–Trinajstić information content (AvgIpc) is 2.85. The topological polar surface area (TPSA) is 46.3 Å². The van der Waals surface area contributed by atoms with Crippen molar-refractivity contribution in [2.75, 3.05) is 13.1 Å². The molecule has 2 aliphatic rings. The predicted molar refractivity (Wildman–Crippen MR) is 55.7 cm³/mol. The van der Waals surface area contributed by atoms with Crippen molar-refractivity contribution < 1.29 is 4.79 Å². The average molecular weight is 196 g/mol. The van der Waals surface area contributed by atoms with Gasteiger partial charge in [0, 0.05) is 18.6 Å². The van der Waals surface area contributed by atoms with Crippen molar-refractivity contribution in [3.63, 3.8) is 0 Å². The van der Waals surface area contributed by atoms with Crippen LogP contribution >= 0.6 is 0 Å². The van der Waals surface area contributed by atoms with Crippen LogP contribution in [-0.4, -0.2) is 29.4 Å². The largest absolute Gasteiger partial charge is 0.337 e. The van der Waals surface area contributed by atoms with E-state index >= 15 is 0 Å². The lowest BCUT2D eigenvalue weighted by Crippen LogP contribution is -2.48. The highest BCUT2D eigenvalue weighted by Gasteiger charge is 2.53. The number of nitrogens with zero attached hydrogens (tertiary/aromatic N) is 1. The van der Waals surface area contributed by atoms with Gasteiger partial charge in [0.05, 0.1) is 5.41 Å². The van der Waals surface area contributed by atoms with Crippen molar-refractivity contribution in [2.24, 2.45) is 11.1 Å². The minimum Gasteiger partial charge on any atom is -0.337 e. The van der Waals surface area contributed by atoms with Gasteiger partial charge in [0.15, 0.2) is 0 Å². The normalized spacial score (nSPS) is 27.8. The van der Waals surface area contributed by atoms with Gasteiger partial charge in [-0.1, -0.05) is 0 Å². The first-order valence-electron chi connectivity index (χ1n) is 5.54. The first kappa shape index (κ1) is 9.97. The molecule has 0 unspecified atom stereocenters. The Labute approximate surface area is 85.6 Å². The van der Waals surface area contributed by atoms with Crippen molar-refractivity contribution in [3.05, 3.63) is 0 Å². The molecule has 1 aliphatic heterocycles. The lowest BCUT2D eigenvalue weighted by Gasteiger charge is -2.34. The third-order valence-corrected chi connectivity index (χ3v) is 3.84. The Balaban J connectivity index is 2.12. The van der Waals surface area contributed by atoms with E-state index in [9.17, 15) is 4.79 Å². The highest BCUT2D eigenvalue weighted by Crippen LogP contribution is 2.48. The van der Waals surface area contributed by atoms with Crippen LogP contribution in [0.3, 0.4) is 0 Å². The number of hydrogen-bond acceptors (Lipinski definition) is 2. The summed E-state index contributed by atoms with van der Waals surface area (Å²) in [5.74, 6) is 0.308. The molecule has 0 atom stereocenters. The summed E-state index contributed by atoms with van der Waals surface area (Å²) in [6, 6.07) is 0. The maximum Gasteiger partial charge on any atom is 0.230 e. The van der Waals surface area contributed by atoms with Crippen LogP contribution in [0.4, 0.5) is 0 Å². The molecule has 0 spiro atoms. The first-order chi connectivity index (χ1) is 6.52. The molecule has 1 amide bonds. The zero-order valence-corrected chi connectivity index (χ0v) is 9.18. The van der Waals surface area contributed by atoms with Gasteiger partial charge in [0.2, 0.25) is 5.91 Å². The molecular formula is C11H20N2O. The number of nitrogens with two attached hydrogens (primary N) is 1. The summed E-state index contributed by atoms with van der Waals surface area (Å²) >= 11 is 0. The molecule has 1 aliphatic carbocycles. The van der Waals surface area contributed by atoms with Gasteiger partial charge in [0.25, 0.3) is 0 Å². The van der Waals surface area contributed by atoms with Gasteiger partial charge in [-0.3, -0.25) is 4.79 Å². The van der Waals surface area contributed by atoms with E-state index in [2.05, 4.69) is 13.8 Å². The Morgan fingerprint density at radius 2 is 2.00 bits per heavy atom. The number of carbonyl (C=O) groups excluding carboxylic acids is 1. The van der Waals surface area contributed by atoms with Crippen molar-refractivity contribution >= 4 is 5.91 Å². The molecule has 14 heavy (non-hydrogen) atoms. The zero-order valence-electron chi connectivity index (χ0n) is 9.18. The minimum absolute atomic E-state index is 0.0574. The second-order valence-corrected chi connectivity index (χ2v) is 5.36. The molecule has 0 radical (unpaired) electrons. The molecule has 80 valence electrons. The molecule has 0 aromatic carbocycles. The van der Waals surface area contributed by atoms with E-state index in [1.165, 1.54) is 0 Å². The molecule has 1 heterocycles. The Kier molecular flexibility index (Phi) is 2.11. The summed E-state index contributed by atoms with van der Waals surface area (Å²) in [5, 5.41) is 0. The number of amides is 1. The Morgan fingerprint density at radius 1 is 1.36 bits per heavy atom. The van der Waals surface area contributed by atoms with E-state index in [4.69, 9.17) is 5.73 Å². The summed E-state index contributed by atoms with van der Waals surface area (Å²) in [4.78, 5) is 14.3. The van der Waals surface area contributed by atoms with Gasteiger partial charge in [-0.25, -0.2) is 0 Å². The SMILES string of the molecule is CC1(C)CCCN1C(=O)C1(CN)CC1. The smallest absolute Gasteiger partial charge is 0.230 e. The molecule has 1 saturated heterocycles. The molecule has 3 nitrogen and oxygen atoms in total. The summed E-state index contributed by atoms with van der Waals surface area (Å²) < 4.78 is 0. The third kappa shape index (κ3) is 1.34. The molecule has 3 heteroatoms. The Morgan fingerprint density at radius 3 is 2.36 bits per heavy atom. The molecular weight excluding hydrogens is 176 g/mol. The summed E-state index contributed by atoms with van der Waals surface area (Å²) in [6.45, 7) is 5.76. The van der Waals surface area contributed by atoms with Crippen molar-refractivity contribution in [1.82, 2.24) is 4.90 Å². The summed E-state index contributed by atoms with van der Waals surface area (Å²) in [7, 11) is 0. The lowest BCUT2D eigenvalue weighted by atomic mass is 9.98. The number of hydrogen-bond donors (Lipinski definition) is 1. The molecule has 0 aromatic heterocycles. The predicted octanol–water partition coefficient (Wildman–Crippen LogP) is 1.13. The van der Waals surface area contributed by atoms with E-state index in [0.717, 1.165) is 32.2 Å². The maximum absolute atomic E-state index is 12.2. The van der Waals surface area contributed by atoms with E-state index in [0.29, 0.717) is 12.5 Å². The summed E-state index contributed by atoms with van der Waals surface area (Å²) in [5.41, 5.74) is 5.57. The molecule has 2 rings (SSSR count). The zero-order chi connectivity index (χ0) is 10.4. The molecule has 0 bridgehead atoms. The van der Waals surface area contributed by atoms with Crippen LogP contribution in [0.1, 0.15) is 39.5 Å². The third-order valence-electron chi connectivity index (χ3n) is 3.84. The van der Waals surface area contributed by atoms with E-state index < -0.39 is 0 Å². The second-order valence-electron chi connectivity index (χ2n) is 5.36. The lowest BCUT2D eigenvalue weighted by molar-refractivity contribution is -0.139. The first-order valence-corrected chi connectivity index (χ1v) is 5.54.